The third kappa shape index (κ3) is 4.40. The number of rotatable bonds is 6. The van der Waals surface area contributed by atoms with Crippen LogP contribution in [0.1, 0.15) is 38.7 Å². The number of hydrogen-bond donors (Lipinski definition) is 0. The molecule has 0 spiro atoms. The van der Waals surface area contributed by atoms with E-state index in [0.717, 1.165) is 23.6 Å². The van der Waals surface area contributed by atoms with Gasteiger partial charge in [0.25, 0.3) is 0 Å². The van der Waals surface area contributed by atoms with Gasteiger partial charge in [-0.05, 0) is 50.8 Å². The van der Waals surface area contributed by atoms with E-state index in [9.17, 15) is 4.79 Å². The van der Waals surface area contributed by atoms with Gasteiger partial charge in [0.15, 0.2) is 10.9 Å². The van der Waals surface area contributed by atoms with Crippen LogP contribution in [0.15, 0.2) is 58.3 Å². The van der Waals surface area contributed by atoms with Gasteiger partial charge in [-0.3, -0.25) is 9.36 Å². The zero-order valence-corrected chi connectivity index (χ0v) is 17.6. The Hall–Kier alpha value is -2.54. The van der Waals surface area contributed by atoms with Gasteiger partial charge in [-0.25, -0.2) is 0 Å². The molecule has 2 aromatic heterocycles. The minimum atomic E-state index is 0.170. The third-order valence-corrected chi connectivity index (χ3v) is 6.40. The largest absolute Gasteiger partial charge is 0.461 e. The number of hydrogen-bond acceptors (Lipinski definition) is 5. The van der Waals surface area contributed by atoms with E-state index in [1.54, 1.807) is 6.26 Å². The summed E-state index contributed by atoms with van der Waals surface area (Å²) < 4.78 is 7.58. The molecule has 29 heavy (non-hydrogen) atoms. The van der Waals surface area contributed by atoms with E-state index in [1.165, 1.54) is 18.2 Å². The number of carbonyl (C=O) groups excluding carboxylic acids is 1. The highest BCUT2D eigenvalue weighted by Crippen LogP contribution is 2.28. The van der Waals surface area contributed by atoms with Crippen LogP contribution in [0.25, 0.3) is 11.6 Å². The molecule has 0 radical (unpaired) electrons. The van der Waals surface area contributed by atoms with E-state index < -0.39 is 0 Å². The van der Waals surface area contributed by atoms with E-state index in [4.69, 9.17) is 4.42 Å². The molecule has 2 atom stereocenters. The van der Waals surface area contributed by atoms with Gasteiger partial charge in [0, 0.05) is 12.1 Å². The normalized spacial score (nSPS) is 19.4. The van der Waals surface area contributed by atoms with Crippen LogP contribution in [0.3, 0.4) is 0 Å². The summed E-state index contributed by atoms with van der Waals surface area (Å²) in [5.41, 5.74) is 1.14. The van der Waals surface area contributed by atoms with Gasteiger partial charge in [0.05, 0.1) is 18.6 Å². The van der Waals surface area contributed by atoms with Crippen LogP contribution >= 0.6 is 11.8 Å². The average molecular weight is 411 g/mol. The second kappa shape index (κ2) is 8.86. The van der Waals surface area contributed by atoms with Crippen LogP contribution in [-0.4, -0.2) is 43.4 Å². The Kier molecular flexibility index (Phi) is 6.04. The molecule has 1 aliphatic rings. The van der Waals surface area contributed by atoms with Crippen molar-refractivity contribution >= 4 is 17.7 Å². The predicted octanol–water partition coefficient (Wildman–Crippen LogP) is 4.47. The molecule has 3 heterocycles. The number of likely N-dealkylation sites (tertiary alicyclic amines) is 1. The number of benzene rings is 1. The molecule has 0 unspecified atom stereocenters. The molecule has 0 N–H and O–H groups in total. The lowest BCUT2D eigenvalue weighted by Crippen LogP contribution is -2.48. The number of carbonyl (C=O) groups is 1. The van der Waals surface area contributed by atoms with Crippen molar-refractivity contribution in [3.05, 3.63) is 54.3 Å². The van der Waals surface area contributed by atoms with E-state index in [2.05, 4.69) is 36.2 Å². The van der Waals surface area contributed by atoms with Crippen LogP contribution in [0.2, 0.25) is 0 Å². The van der Waals surface area contributed by atoms with Gasteiger partial charge in [0.2, 0.25) is 11.7 Å². The zero-order valence-electron chi connectivity index (χ0n) is 16.8. The molecule has 1 fully saturated rings. The molecule has 1 aromatic carbocycles. The fraction of sp³-hybridized carbons (Fsp3) is 0.409. The van der Waals surface area contributed by atoms with Crippen LogP contribution in [0.4, 0.5) is 0 Å². The van der Waals surface area contributed by atoms with Crippen LogP contribution in [0.5, 0.6) is 0 Å². The van der Waals surface area contributed by atoms with E-state index in [0.29, 0.717) is 36.0 Å². The fourth-order valence-electron chi connectivity index (χ4n) is 4.01. The van der Waals surface area contributed by atoms with Crippen molar-refractivity contribution in [1.82, 2.24) is 19.7 Å². The highest BCUT2D eigenvalue weighted by molar-refractivity contribution is 7.99. The van der Waals surface area contributed by atoms with Crippen molar-refractivity contribution in [2.75, 3.05) is 5.75 Å². The molecule has 0 saturated carbocycles. The molecular formula is C22H26N4O2S. The minimum Gasteiger partial charge on any atom is -0.461 e. The molecule has 0 aliphatic carbocycles. The Morgan fingerprint density at radius 3 is 2.55 bits per heavy atom. The lowest BCUT2D eigenvalue weighted by atomic mass is 9.98. The SMILES string of the molecule is C[C@@H]1CCC[C@@H](C)N1C(=O)CSc1nnc(-c2ccco2)n1Cc1ccccc1. The molecule has 3 aromatic rings. The van der Waals surface area contributed by atoms with Gasteiger partial charge in [-0.2, -0.15) is 0 Å². The molecule has 6 nitrogen and oxygen atoms in total. The lowest BCUT2D eigenvalue weighted by molar-refractivity contribution is -0.134. The van der Waals surface area contributed by atoms with Crippen molar-refractivity contribution in [2.45, 2.75) is 56.9 Å². The van der Waals surface area contributed by atoms with Crippen molar-refractivity contribution in [2.24, 2.45) is 0 Å². The monoisotopic (exact) mass is 410 g/mol. The first-order valence-corrected chi connectivity index (χ1v) is 11.1. The van der Waals surface area contributed by atoms with Crippen molar-refractivity contribution < 1.29 is 9.21 Å². The second-order valence-electron chi connectivity index (χ2n) is 7.57. The number of nitrogens with zero attached hydrogens (tertiary/aromatic N) is 4. The minimum absolute atomic E-state index is 0.170. The van der Waals surface area contributed by atoms with Gasteiger partial charge in [-0.1, -0.05) is 42.1 Å². The number of furan rings is 1. The maximum atomic E-state index is 12.9. The molecule has 4 rings (SSSR count). The first-order chi connectivity index (χ1) is 14.1. The zero-order chi connectivity index (χ0) is 20.2. The van der Waals surface area contributed by atoms with Gasteiger partial charge in [0.1, 0.15) is 0 Å². The van der Waals surface area contributed by atoms with Crippen LogP contribution < -0.4 is 0 Å². The van der Waals surface area contributed by atoms with Gasteiger partial charge in [-0.15, -0.1) is 10.2 Å². The lowest BCUT2D eigenvalue weighted by Gasteiger charge is -2.39. The highest BCUT2D eigenvalue weighted by Gasteiger charge is 2.29. The molecule has 152 valence electrons. The second-order valence-corrected chi connectivity index (χ2v) is 8.52. The molecular weight excluding hydrogens is 384 g/mol. The smallest absolute Gasteiger partial charge is 0.233 e. The Labute approximate surface area is 175 Å². The van der Waals surface area contributed by atoms with E-state index in [1.807, 2.05) is 39.8 Å². The van der Waals surface area contributed by atoms with Gasteiger partial charge < -0.3 is 9.32 Å². The molecule has 1 aliphatic heterocycles. The van der Waals surface area contributed by atoms with Gasteiger partial charge >= 0.3 is 0 Å². The Morgan fingerprint density at radius 1 is 1.10 bits per heavy atom. The summed E-state index contributed by atoms with van der Waals surface area (Å²) in [6.07, 6.45) is 4.98. The molecule has 1 amide bonds. The Balaban J connectivity index is 1.54. The summed E-state index contributed by atoms with van der Waals surface area (Å²) in [5, 5.41) is 9.44. The number of thioether (sulfide) groups is 1. The summed E-state index contributed by atoms with van der Waals surface area (Å²) in [6, 6.07) is 14.5. The summed E-state index contributed by atoms with van der Waals surface area (Å²) in [7, 11) is 0. The first kappa shape index (κ1) is 19.8. The average Bonchev–Trinajstić information content (AvgIpc) is 3.37. The summed E-state index contributed by atoms with van der Waals surface area (Å²) >= 11 is 1.45. The quantitative estimate of drug-likeness (QED) is 0.561. The maximum absolute atomic E-state index is 12.9. The first-order valence-electron chi connectivity index (χ1n) is 10.1. The van der Waals surface area contributed by atoms with E-state index >= 15 is 0 Å². The Morgan fingerprint density at radius 2 is 1.86 bits per heavy atom. The van der Waals surface area contributed by atoms with Crippen molar-refractivity contribution in [3.63, 3.8) is 0 Å². The number of amides is 1. The standard InChI is InChI=1S/C22H26N4O2S/c1-16-8-6-9-17(2)26(16)20(27)15-29-22-24-23-21(19-12-7-13-28-19)25(22)14-18-10-4-3-5-11-18/h3-5,7,10-13,16-17H,6,8-9,14-15H2,1-2H3/t16-,17-/m1/s1. The van der Waals surface area contributed by atoms with Crippen molar-refractivity contribution in [3.8, 4) is 11.6 Å². The number of aromatic nitrogens is 3. The predicted molar refractivity (Wildman–Crippen MR) is 114 cm³/mol. The van der Waals surface area contributed by atoms with Crippen molar-refractivity contribution in [1.29, 1.82) is 0 Å². The highest BCUT2D eigenvalue weighted by atomic mass is 32.2. The topological polar surface area (TPSA) is 64.2 Å². The summed E-state index contributed by atoms with van der Waals surface area (Å²) in [5.74, 6) is 1.88. The molecule has 7 heteroatoms. The molecule has 1 saturated heterocycles. The fourth-order valence-corrected chi connectivity index (χ4v) is 4.81. The van der Waals surface area contributed by atoms with Crippen LogP contribution in [-0.2, 0) is 11.3 Å². The molecule has 0 bridgehead atoms. The summed E-state index contributed by atoms with van der Waals surface area (Å²) in [6.45, 7) is 4.91. The summed E-state index contributed by atoms with van der Waals surface area (Å²) in [4.78, 5) is 15.0. The number of piperidine rings is 1. The Bertz CT molecular complexity index is 929. The van der Waals surface area contributed by atoms with E-state index in [-0.39, 0.29) is 5.91 Å². The third-order valence-electron chi connectivity index (χ3n) is 5.45. The maximum Gasteiger partial charge on any atom is 0.233 e. The van der Waals surface area contributed by atoms with Crippen LogP contribution in [0, 0.1) is 0 Å².